The Bertz CT molecular complexity index is 803. The average molecular weight is 366 g/mol. The number of alkyl halides is 3. The van der Waals surface area contributed by atoms with Crippen molar-refractivity contribution < 1.29 is 13.2 Å². The van der Waals surface area contributed by atoms with Gasteiger partial charge in [0.2, 0.25) is 5.95 Å². The molecule has 0 aromatic carbocycles. The van der Waals surface area contributed by atoms with Crippen LogP contribution in [-0.4, -0.2) is 26.8 Å². The van der Waals surface area contributed by atoms with Gasteiger partial charge in [-0.2, -0.15) is 23.3 Å². The van der Waals surface area contributed by atoms with Gasteiger partial charge in [-0.25, -0.2) is 4.98 Å². The molecule has 3 atom stereocenters. The molecule has 2 aromatic heterocycles. The number of aromatic nitrogens is 4. The minimum absolute atomic E-state index is 0.108. The Balaban J connectivity index is 1.54. The maximum absolute atomic E-state index is 12.9. The molecule has 26 heavy (non-hydrogen) atoms. The van der Waals surface area contributed by atoms with Crippen molar-refractivity contribution in [1.29, 1.82) is 0 Å². The summed E-state index contributed by atoms with van der Waals surface area (Å²) < 4.78 is 40.9. The summed E-state index contributed by atoms with van der Waals surface area (Å²) in [5.41, 5.74) is 0.774. The Morgan fingerprint density at radius 1 is 1.15 bits per heavy atom. The molecule has 0 amide bonds. The van der Waals surface area contributed by atoms with E-state index < -0.39 is 11.7 Å². The Morgan fingerprint density at radius 2 is 1.85 bits per heavy atom. The first-order valence-electron chi connectivity index (χ1n) is 8.80. The minimum Gasteiger partial charge on any atom is -0.372 e. The number of fused-ring (bicyclic) bond motifs is 1. The van der Waals surface area contributed by atoms with E-state index in [9.17, 15) is 13.2 Å². The van der Waals surface area contributed by atoms with Crippen molar-refractivity contribution in [3.8, 4) is 0 Å². The van der Waals surface area contributed by atoms with E-state index in [4.69, 9.17) is 0 Å². The summed E-state index contributed by atoms with van der Waals surface area (Å²) in [6.45, 7) is 1.96. The number of nitrogens with one attached hydrogen (secondary N) is 2. The van der Waals surface area contributed by atoms with Crippen molar-refractivity contribution in [2.24, 2.45) is 11.8 Å². The van der Waals surface area contributed by atoms with Crippen LogP contribution in [0, 0.1) is 18.8 Å². The van der Waals surface area contributed by atoms with Crippen molar-refractivity contribution in [2.45, 2.75) is 44.8 Å². The molecule has 2 N–H and O–H groups in total. The van der Waals surface area contributed by atoms with Gasteiger partial charge in [-0.3, -0.25) is 4.68 Å². The first-order valence-corrected chi connectivity index (χ1v) is 8.80. The Kier molecular flexibility index (Phi) is 4.04. The van der Waals surface area contributed by atoms with Crippen molar-refractivity contribution in [2.75, 3.05) is 17.7 Å². The fourth-order valence-corrected chi connectivity index (χ4v) is 4.13. The molecule has 2 aliphatic carbocycles. The van der Waals surface area contributed by atoms with Crippen LogP contribution in [0.3, 0.4) is 0 Å². The lowest BCUT2D eigenvalue weighted by atomic mass is 9.77. The molecular weight excluding hydrogens is 345 g/mol. The van der Waals surface area contributed by atoms with Gasteiger partial charge in [0, 0.05) is 13.2 Å². The predicted octanol–water partition coefficient (Wildman–Crippen LogP) is 4.15. The van der Waals surface area contributed by atoms with Gasteiger partial charge in [-0.05, 0) is 44.4 Å². The quantitative estimate of drug-likeness (QED) is 0.851. The summed E-state index contributed by atoms with van der Waals surface area (Å²) in [7, 11) is 1.40. The highest BCUT2D eigenvalue weighted by Gasteiger charge is 2.41. The van der Waals surface area contributed by atoms with Crippen LogP contribution in [0.15, 0.2) is 12.4 Å². The molecule has 0 saturated heterocycles. The first-order chi connectivity index (χ1) is 12.4. The van der Waals surface area contributed by atoms with E-state index >= 15 is 0 Å². The largest absolute Gasteiger partial charge is 0.421 e. The molecule has 2 unspecified atom stereocenters. The van der Waals surface area contributed by atoms with E-state index in [-0.39, 0.29) is 11.8 Å². The monoisotopic (exact) mass is 366 g/mol. The summed E-state index contributed by atoms with van der Waals surface area (Å²) in [6, 6.07) is 0.407. The Morgan fingerprint density at radius 3 is 2.42 bits per heavy atom. The second-order valence-electron chi connectivity index (χ2n) is 7.14. The molecule has 2 saturated carbocycles. The van der Waals surface area contributed by atoms with Gasteiger partial charge in [0.15, 0.2) is 0 Å². The van der Waals surface area contributed by atoms with E-state index in [0.29, 0.717) is 11.7 Å². The van der Waals surface area contributed by atoms with Gasteiger partial charge in [0.25, 0.3) is 0 Å². The Labute approximate surface area is 149 Å². The lowest BCUT2D eigenvalue weighted by Gasteiger charge is -2.29. The molecule has 2 aromatic rings. The molecule has 0 aliphatic heterocycles. The molecule has 2 aliphatic rings. The van der Waals surface area contributed by atoms with Crippen LogP contribution in [0.4, 0.5) is 30.6 Å². The van der Waals surface area contributed by atoms with Gasteiger partial charge in [-0.1, -0.05) is 0 Å². The summed E-state index contributed by atoms with van der Waals surface area (Å²) >= 11 is 0. The topological polar surface area (TPSA) is 67.7 Å². The first kappa shape index (κ1) is 17.1. The highest BCUT2D eigenvalue weighted by Crippen LogP contribution is 2.51. The minimum atomic E-state index is -4.50. The highest BCUT2D eigenvalue weighted by molar-refractivity contribution is 5.58. The number of rotatable bonds is 4. The summed E-state index contributed by atoms with van der Waals surface area (Å²) in [4.78, 5) is 7.76. The van der Waals surface area contributed by atoms with Crippen molar-refractivity contribution in [3.05, 3.63) is 23.7 Å². The molecule has 4 rings (SSSR count). The molecule has 2 heterocycles. The van der Waals surface area contributed by atoms with Crippen molar-refractivity contribution in [3.63, 3.8) is 0 Å². The average Bonchev–Trinajstić information content (AvgIpc) is 3.07. The molecule has 0 spiro atoms. The third kappa shape index (κ3) is 2.89. The van der Waals surface area contributed by atoms with Gasteiger partial charge in [0.1, 0.15) is 11.4 Å². The lowest BCUT2D eigenvalue weighted by molar-refractivity contribution is -0.137. The summed E-state index contributed by atoms with van der Waals surface area (Å²) in [5.74, 6) is 1.51. The maximum atomic E-state index is 12.9. The molecule has 6 nitrogen and oxygen atoms in total. The number of anilines is 3. The van der Waals surface area contributed by atoms with Crippen LogP contribution in [0.2, 0.25) is 0 Å². The molecule has 0 bridgehead atoms. The Hall–Kier alpha value is -2.32. The number of hydrogen-bond acceptors (Lipinski definition) is 5. The summed E-state index contributed by atoms with van der Waals surface area (Å²) in [5, 5.41) is 9.97. The highest BCUT2D eigenvalue weighted by atomic mass is 19.4. The van der Waals surface area contributed by atoms with Gasteiger partial charge in [-0.15, -0.1) is 0 Å². The van der Waals surface area contributed by atoms with Crippen LogP contribution >= 0.6 is 0 Å². The third-order valence-corrected chi connectivity index (χ3v) is 5.69. The zero-order chi connectivity index (χ0) is 18.5. The smallest absolute Gasteiger partial charge is 0.372 e. The molecule has 0 radical (unpaired) electrons. The molecular formula is C17H21F3N6. The third-order valence-electron chi connectivity index (χ3n) is 5.69. The van der Waals surface area contributed by atoms with Gasteiger partial charge >= 0.3 is 6.18 Å². The molecule has 9 heteroatoms. The van der Waals surface area contributed by atoms with E-state index in [1.165, 1.54) is 19.9 Å². The second-order valence-corrected chi connectivity index (χ2v) is 7.14. The van der Waals surface area contributed by atoms with Crippen LogP contribution in [0.25, 0.3) is 0 Å². The van der Waals surface area contributed by atoms with Crippen molar-refractivity contribution in [1.82, 2.24) is 19.7 Å². The van der Waals surface area contributed by atoms with E-state index in [0.717, 1.165) is 36.6 Å². The van der Waals surface area contributed by atoms with Gasteiger partial charge < -0.3 is 10.6 Å². The fourth-order valence-electron chi connectivity index (χ4n) is 4.13. The fraction of sp³-hybridized carbons (Fsp3) is 0.588. The standard InChI is InChI=1S/C17H21F3N6/c1-9-14(8-23-26(9)12-5-10-3-4-11(10)6-12)24-16-22-7-13(17(18,19)20)15(21-2)25-16/h7-8,10-12H,3-6H2,1-2H3,(H2,21,22,24,25)/t10-,11?,12?/m0/s1. The van der Waals surface area contributed by atoms with Crippen LogP contribution in [0.5, 0.6) is 0 Å². The van der Waals surface area contributed by atoms with Crippen molar-refractivity contribution >= 4 is 17.5 Å². The van der Waals surface area contributed by atoms with Crippen LogP contribution < -0.4 is 10.6 Å². The molecule has 140 valence electrons. The molecule has 2 fully saturated rings. The second kappa shape index (κ2) is 6.14. The summed E-state index contributed by atoms with van der Waals surface area (Å²) in [6.07, 6.45) is 2.93. The SMILES string of the molecule is CNc1nc(Nc2cnn(C3CC4CC[C@H]4C3)c2C)ncc1C(F)(F)F. The predicted molar refractivity (Wildman–Crippen MR) is 91.3 cm³/mol. The van der Waals surface area contributed by atoms with Crippen LogP contribution in [0.1, 0.15) is 43.0 Å². The van der Waals surface area contributed by atoms with E-state index in [1.807, 2.05) is 11.6 Å². The maximum Gasteiger partial charge on any atom is 0.421 e. The van der Waals surface area contributed by atoms with E-state index in [2.05, 4.69) is 25.7 Å². The normalized spacial score (nSPS) is 24.9. The zero-order valence-electron chi connectivity index (χ0n) is 14.6. The zero-order valence-corrected chi connectivity index (χ0v) is 14.6. The van der Waals surface area contributed by atoms with E-state index in [1.54, 1.807) is 6.20 Å². The number of hydrogen-bond donors (Lipinski definition) is 2. The lowest BCUT2D eigenvalue weighted by Crippen LogP contribution is -2.18. The number of nitrogens with zero attached hydrogens (tertiary/aromatic N) is 4. The van der Waals surface area contributed by atoms with Crippen LogP contribution in [-0.2, 0) is 6.18 Å². The van der Waals surface area contributed by atoms with Gasteiger partial charge in [0.05, 0.1) is 23.6 Å². The number of halogens is 3.